The predicted molar refractivity (Wildman–Crippen MR) is 140 cm³/mol. The number of thioether (sulfide) groups is 1. The largest absolute Gasteiger partial charge is 0.370 e. The average molecular weight is 535 g/mol. The van der Waals surface area contributed by atoms with E-state index in [0.29, 0.717) is 22.6 Å². The summed E-state index contributed by atoms with van der Waals surface area (Å²) >= 11 is 1.55. The fourth-order valence-corrected chi connectivity index (χ4v) is 6.31. The van der Waals surface area contributed by atoms with Crippen LogP contribution in [0.5, 0.6) is 0 Å². The molecule has 13 nitrogen and oxygen atoms in total. The fourth-order valence-electron chi connectivity index (χ4n) is 4.68. The van der Waals surface area contributed by atoms with Crippen molar-refractivity contribution in [3.05, 3.63) is 71.5 Å². The van der Waals surface area contributed by atoms with Crippen LogP contribution < -0.4 is 22.1 Å². The number of nitrogens with zero attached hydrogens (tertiary/aromatic N) is 5. The molecule has 14 heteroatoms. The molecule has 38 heavy (non-hydrogen) atoms. The Labute approximate surface area is 221 Å². The number of aromatic amines is 1. The lowest BCUT2D eigenvalue weighted by atomic mass is 9.95. The zero-order chi connectivity index (χ0) is 27.0. The number of nitrogens with one attached hydrogen (secondary N) is 3. The number of benzene rings is 2. The van der Waals surface area contributed by atoms with Crippen LogP contribution in [-0.4, -0.2) is 65.4 Å². The summed E-state index contributed by atoms with van der Waals surface area (Å²) in [6.07, 6.45) is 0. The van der Waals surface area contributed by atoms with Gasteiger partial charge in [-0.1, -0.05) is 35.5 Å². The van der Waals surface area contributed by atoms with Crippen molar-refractivity contribution >= 4 is 41.1 Å². The van der Waals surface area contributed by atoms with E-state index in [1.807, 2.05) is 19.9 Å². The number of tetrazole rings is 1. The monoisotopic (exact) mass is 534 g/mol. The van der Waals surface area contributed by atoms with E-state index in [1.165, 1.54) is 0 Å². The molecular formula is C24H26N10O3S. The minimum Gasteiger partial charge on any atom is -0.370 e. The van der Waals surface area contributed by atoms with Crippen molar-refractivity contribution in [2.75, 3.05) is 0 Å². The number of carbonyl (C=O) groups is 3. The SMILES string of the molecule is CC1(C)S[C@@H]2C(NC(=O)[C@H](NC(=O)c3ccc(N=C(N)N)cc3)c3ccccc3)C(=O)N2C1c1nn[nH]n1. The Morgan fingerprint density at radius 2 is 1.84 bits per heavy atom. The second kappa shape index (κ2) is 9.78. The van der Waals surface area contributed by atoms with Crippen molar-refractivity contribution in [2.45, 2.75) is 42.1 Å². The summed E-state index contributed by atoms with van der Waals surface area (Å²) in [5.74, 6) is -0.894. The maximum Gasteiger partial charge on any atom is 0.252 e. The van der Waals surface area contributed by atoms with E-state index < -0.39 is 28.6 Å². The molecule has 5 rings (SSSR count). The molecule has 3 amide bonds. The van der Waals surface area contributed by atoms with Crippen LogP contribution in [0.4, 0.5) is 5.69 Å². The molecule has 3 aromatic rings. The van der Waals surface area contributed by atoms with Gasteiger partial charge in [0.05, 0.1) is 5.69 Å². The second-order valence-corrected chi connectivity index (χ2v) is 11.2. The molecule has 2 aliphatic rings. The first kappa shape index (κ1) is 25.2. The molecule has 0 bridgehead atoms. The summed E-state index contributed by atoms with van der Waals surface area (Å²) in [7, 11) is 0. The Kier molecular flexibility index (Phi) is 6.48. The lowest BCUT2D eigenvalue weighted by Crippen LogP contribution is -2.68. The van der Waals surface area contributed by atoms with Crippen LogP contribution >= 0.6 is 11.8 Å². The first-order valence-corrected chi connectivity index (χ1v) is 12.6. The summed E-state index contributed by atoms with van der Waals surface area (Å²) in [5, 5.41) is 19.5. The van der Waals surface area contributed by atoms with Crippen LogP contribution in [-0.2, 0) is 9.59 Å². The Morgan fingerprint density at radius 3 is 2.47 bits per heavy atom. The van der Waals surface area contributed by atoms with Crippen LogP contribution in [0.25, 0.3) is 0 Å². The Balaban J connectivity index is 1.33. The van der Waals surface area contributed by atoms with Crippen LogP contribution in [0.1, 0.15) is 47.7 Å². The number of aliphatic imine (C=N–C) groups is 1. The van der Waals surface area contributed by atoms with Crippen molar-refractivity contribution in [3.63, 3.8) is 0 Å². The molecule has 0 spiro atoms. The van der Waals surface area contributed by atoms with Gasteiger partial charge in [-0.05, 0) is 43.7 Å². The molecule has 7 N–H and O–H groups in total. The molecule has 1 aromatic heterocycles. The highest BCUT2D eigenvalue weighted by Gasteiger charge is 2.63. The van der Waals surface area contributed by atoms with Gasteiger partial charge >= 0.3 is 0 Å². The first-order chi connectivity index (χ1) is 18.2. The number of nitrogens with two attached hydrogens (primary N) is 2. The first-order valence-electron chi connectivity index (χ1n) is 11.7. The summed E-state index contributed by atoms with van der Waals surface area (Å²) in [6.45, 7) is 3.99. The summed E-state index contributed by atoms with van der Waals surface area (Å²) in [4.78, 5) is 45.4. The number of hydrogen-bond acceptors (Lipinski definition) is 8. The van der Waals surface area contributed by atoms with Crippen LogP contribution in [0, 0.1) is 0 Å². The van der Waals surface area contributed by atoms with Gasteiger partial charge in [-0.15, -0.1) is 22.0 Å². The number of rotatable bonds is 7. The van der Waals surface area contributed by atoms with E-state index in [9.17, 15) is 14.4 Å². The zero-order valence-electron chi connectivity index (χ0n) is 20.5. The zero-order valence-corrected chi connectivity index (χ0v) is 21.3. The molecule has 2 saturated heterocycles. The van der Waals surface area contributed by atoms with E-state index in [-0.39, 0.29) is 23.3 Å². The van der Waals surface area contributed by atoms with Gasteiger partial charge in [0, 0.05) is 10.3 Å². The van der Waals surface area contributed by atoms with Gasteiger partial charge < -0.3 is 27.0 Å². The number of H-pyrrole nitrogens is 1. The minimum atomic E-state index is -1.03. The second-order valence-electron chi connectivity index (χ2n) is 9.42. The third kappa shape index (κ3) is 4.65. The number of amides is 3. The predicted octanol–water partition coefficient (Wildman–Crippen LogP) is 0.496. The maximum atomic E-state index is 13.5. The molecule has 0 saturated carbocycles. The quantitative estimate of drug-likeness (QED) is 0.163. The normalized spacial score (nSPS) is 22.1. The molecular weight excluding hydrogens is 508 g/mol. The topological polar surface area (TPSA) is 197 Å². The standard InChI is InChI=1S/C24H26N10O3S/c1-24(2)17(18-30-32-33-31-18)34-21(37)16(22(34)38-24)29-20(36)15(12-6-4-3-5-7-12)28-19(35)13-8-10-14(11-9-13)27-23(25)26/h3-11,15-17,22H,1-2H3,(H,28,35)(H,29,36)(H4,25,26,27)(H,30,31,32,33)/t15-,16?,17?,22-/m1/s1. The van der Waals surface area contributed by atoms with Crippen molar-refractivity contribution in [2.24, 2.45) is 16.5 Å². The van der Waals surface area contributed by atoms with Gasteiger partial charge in [0.15, 0.2) is 11.8 Å². The Hall–Kier alpha value is -4.46. The van der Waals surface area contributed by atoms with E-state index >= 15 is 0 Å². The van der Waals surface area contributed by atoms with Crippen LogP contribution in [0.3, 0.4) is 0 Å². The number of guanidine groups is 1. The third-order valence-electron chi connectivity index (χ3n) is 6.40. The number of hydrogen-bond donors (Lipinski definition) is 5. The molecule has 0 radical (unpaired) electrons. The molecule has 4 atom stereocenters. The lowest BCUT2D eigenvalue weighted by Gasteiger charge is -2.44. The van der Waals surface area contributed by atoms with Crippen LogP contribution in [0.15, 0.2) is 59.6 Å². The fraction of sp³-hybridized carbons (Fsp3) is 0.292. The van der Waals surface area contributed by atoms with Gasteiger partial charge in [0.2, 0.25) is 11.8 Å². The lowest BCUT2D eigenvalue weighted by molar-refractivity contribution is -0.152. The maximum absolute atomic E-state index is 13.5. The van der Waals surface area contributed by atoms with Crippen molar-refractivity contribution in [1.82, 2.24) is 36.2 Å². The minimum absolute atomic E-state index is 0.0976. The number of carbonyl (C=O) groups excluding carboxylic acids is 3. The van der Waals surface area contributed by atoms with Crippen molar-refractivity contribution in [3.8, 4) is 0 Å². The third-order valence-corrected chi connectivity index (χ3v) is 7.97. The van der Waals surface area contributed by atoms with Crippen molar-refractivity contribution < 1.29 is 14.4 Å². The molecule has 0 aliphatic carbocycles. The van der Waals surface area contributed by atoms with Gasteiger partial charge in [0.1, 0.15) is 23.5 Å². The smallest absolute Gasteiger partial charge is 0.252 e. The van der Waals surface area contributed by atoms with E-state index in [4.69, 9.17) is 11.5 Å². The highest BCUT2D eigenvalue weighted by molar-refractivity contribution is 8.01. The van der Waals surface area contributed by atoms with Crippen LogP contribution in [0.2, 0.25) is 0 Å². The van der Waals surface area contributed by atoms with Gasteiger partial charge in [-0.25, -0.2) is 4.99 Å². The highest BCUT2D eigenvalue weighted by Crippen LogP contribution is 2.56. The molecule has 2 fully saturated rings. The number of fused-ring (bicyclic) bond motifs is 1. The molecule has 3 heterocycles. The highest BCUT2D eigenvalue weighted by atomic mass is 32.2. The molecule has 2 unspecified atom stereocenters. The van der Waals surface area contributed by atoms with Gasteiger partial charge in [-0.2, -0.15) is 5.21 Å². The van der Waals surface area contributed by atoms with Gasteiger partial charge in [-0.3, -0.25) is 14.4 Å². The summed E-state index contributed by atoms with van der Waals surface area (Å²) < 4.78 is -0.401. The van der Waals surface area contributed by atoms with Crippen molar-refractivity contribution in [1.29, 1.82) is 0 Å². The molecule has 196 valence electrons. The summed E-state index contributed by atoms with van der Waals surface area (Å²) in [6, 6.07) is 12.9. The number of aromatic nitrogens is 4. The van der Waals surface area contributed by atoms with E-state index in [0.717, 1.165) is 0 Å². The summed E-state index contributed by atoms with van der Waals surface area (Å²) in [5.41, 5.74) is 12.2. The molecule has 2 aromatic carbocycles. The van der Waals surface area contributed by atoms with E-state index in [1.54, 1.807) is 65.2 Å². The average Bonchev–Trinajstić information content (AvgIpc) is 3.50. The Morgan fingerprint density at radius 1 is 1.13 bits per heavy atom. The number of β-lactam (4-membered cyclic amide) rings is 1. The molecule has 2 aliphatic heterocycles. The van der Waals surface area contributed by atoms with E-state index in [2.05, 4.69) is 36.3 Å². The van der Waals surface area contributed by atoms with Gasteiger partial charge in [0.25, 0.3) is 5.91 Å². The Bertz CT molecular complexity index is 1370.